The van der Waals surface area contributed by atoms with Crippen molar-refractivity contribution >= 4 is 11.8 Å². The van der Waals surface area contributed by atoms with Crippen molar-refractivity contribution in [1.29, 1.82) is 0 Å². The molecule has 1 heterocycles. The van der Waals surface area contributed by atoms with Crippen LogP contribution in [0, 0.1) is 11.8 Å². The number of rotatable bonds is 3. The summed E-state index contributed by atoms with van der Waals surface area (Å²) in [5, 5.41) is 1.06. The highest BCUT2D eigenvalue weighted by Crippen LogP contribution is 2.60. The zero-order valence-electron chi connectivity index (χ0n) is 19.1. The Morgan fingerprint density at radius 3 is 1.52 bits per heavy atom. The largest absolute Gasteiger partial charge is 0.272 e. The van der Waals surface area contributed by atoms with E-state index in [0.717, 1.165) is 10.6 Å². The highest BCUT2D eigenvalue weighted by Gasteiger charge is 2.62. The number of hydrogen-bond donors (Lipinski definition) is 0. The van der Waals surface area contributed by atoms with Crippen LogP contribution in [0.25, 0.3) is 0 Å². The van der Waals surface area contributed by atoms with Crippen molar-refractivity contribution in [3.05, 3.63) is 106 Å². The molecule has 0 aromatic heterocycles. The second kappa shape index (κ2) is 7.13. The molecule has 4 aliphatic rings. The van der Waals surface area contributed by atoms with Crippen LogP contribution in [0.4, 0.5) is 0 Å². The van der Waals surface area contributed by atoms with Gasteiger partial charge in [-0.25, -0.2) is 0 Å². The summed E-state index contributed by atoms with van der Waals surface area (Å²) in [6, 6.07) is 24.7. The Balaban J connectivity index is 1.31. The Hall–Kier alpha value is -3.24. The number of hydroxylamine groups is 2. The number of hydrogen-bond acceptors (Lipinski definition) is 3. The Labute approximate surface area is 194 Å². The van der Waals surface area contributed by atoms with Gasteiger partial charge in [0.2, 0.25) is 0 Å². The third-order valence-corrected chi connectivity index (χ3v) is 7.59. The maximum Gasteiger partial charge on any atom is 0.258 e. The molecule has 4 nitrogen and oxygen atoms in total. The second-order valence-electron chi connectivity index (χ2n) is 10.5. The summed E-state index contributed by atoms with van der Waals surface area (Å²) in [6.45, 7) is 6.71. The summed E-state index contributed by atoms with van der Waals surface area (Å²) in [4.78, 5) is 33.0. The fourth-order valence-corrected chi connectivity index (χ4v) is 6.02. The minimum absolute atomic E-state index is 0.0687. The lowest BCUT2D eigenvalue weighted by atomic mass is 9.55. The summed E-state index contributed by atoms with van der Waals surface area (Å²) in [5.74, 6) is -1.45. The molecule has 33 heavy (non-hydrogen) atoms. The van der Waals surface area contributed by atoms with E-state index in [0.29, 0.717) is 0 Å². The Morgan fingerprint density at radius 2 is 1.12 bits per heavy atom. The normalized spacial score (nSPS) is 25.1. The van der Waals surface area contributed by atoms with Crippen molar-refractivity contribution in [1.82, 2.24) is 5.06 Å². The first kappa shape index (κ1) is 20.4. The number of nitrogens with zero attached hydrogens (tertiary/aromatic N) is 1. The van der Waals surface area contributed by atoms with E-state index in [1.54, 1.807) is 0 Å². The van der Waals surface area contributed by atoms with E-state index in [1.165, 1.54) is 27.8 Å². The van der Waals surface area contributed by atoms with Gasteiger partial charge in [-0.15, -0.1) is 0 Å². The average molecular weight is 438 g/mol. The molecule has 0 saturated carbocycles. The molecule has 1 saturated heterocycles. The maximum atomic E-state index is 13.5. The molecule has 2 atom stereocenters. The van der Waals surface area contributed by atoms with E-state index in [1.807, 2.05) is 36.4 Å². The number of carbonyl (C=O) groups is 2. The lowest BCUT2D eigenvalue weighted by Crippen LogP contribution is -2.41. The van der Waals surface area contributed by atoms with Crippen molar-refractivity contribution in [3.8, 4) is 0 Å². The monoisotopic (exact) mass is 437 g/mol. The predicted molar refractivity (Wildman–Crippen MR) is 125 cm³/mol. The van der Waals surface area contributed by atoms with Gasteiger partial charge in [0.25, 0.3) is 11.8 Å². The van der Waals surface area contributed by atoms with Gasteiger partial charge in [-0.2, -0.15) is 5.06 Å². The molecule has 7 rings (SSSR count). The van der Waals surface area contributed by atoms with Crippen molar-refractivity contribution in [3.63, 3.8) is 0 Å². The van der Waals surface area contributed by atoms with Crippen LogP contribution in [0.15, 0.2) is 72.8 Å². The van der Waals surface area contributed by atoms with Gasteiger partial charge < -0.3 is 0 Å². The van der Waals surface area contributed by atoms with Gasteiger partial charge in [-0.1, -0.05) is 93.6 Å². The lowest BCUT2D eigenvalue weighted by Gasteiger charge is -2.45. The Bertz CT molecular complexity index is 1160. The highest BCUT2D eigenvalue weighted by molar-refractivity contribution is 6.06. The summed E-state index contributed by atoms with van der Waals surface area (Å²) in [6.07, 6.45) is 0. The molecule has 1 fully saturated rings. The zero-order chi connectivity index (χ0) is 22.9. The molecule has 3 aromatic rings. The van der Waals surface area contributed by atoms with Crippen molar-refractivity contribution in [2.45, 2.75) is 44.6 Å². The Kier molecular flexibility index (Phi) is 4.40. The molecular weight excluding hydrogens is 410 g/mol. The van der Waals surface area contributed by atoms with E-state index in [9.17, 15) is 9.59 Å². The molecule has 0 N–H and O–H groups in total. The number of benzene rings is 3. The van der Waals surface area contributed by atoms with Crippen molar-refractivity contribution in [2.24, 2.45) is 11.8 Å². The van der Waals surface area contributed by atoms with Crippen molar-refractivity contribution in [2.75, 3.05) is 0 Å². The quantitative estimate of drug-likeness (QED) is 0.522. The van der Waals surface area contributed by atoms with E-state index in [-0.39, 0.29) is 35.7 Å². The number of imide groups is 1. The molecule has 0 unspecified atom stereocenters. The molecule has 0 radical (unpaired) electrons. The fourth-order valence-electron chi connectivity index (χ4n) is 6.02. The minimum Gasteiger partial charge on any atom is -0.272 e. The summed E-state index contributed by atoms with van der Waals surface area (Å²) < 4.78 is 0. The number of amides is 2. The molecule has 3 aromatic carbocycles. The van der Waals surface area contributed by atoms with Gasteiger partial charge in [0.1, 0.15) is 6.61 Å². The predicted octanol–water partition coefficient (Wildman–Crippen LogP) is 5.31. The van der Waals surface area contributed by atoms with Crippen LogP contribution in [0.3, 0.4) is 0 Å². The van der Waals surface area contributed by atoms with Crippen molar-refractivity contribution < 1.29 is 14.4 Å². The van der Waals surface area contributed by atoms with Crippen LogP contribution in [0.5, 0.6) is 0 Å². The van der Waals surface area contributed by atoms with Crippen LogP contribution < -0.4 is 0 Å². The smallest absolute Gasteiger partial charge is 0.258 e. The number of carbonyl (C=O) groups excluding carboxylic acids is 2. The molecular formula is C29H27NO3. The molecule has 2 amide bonds. The van der Waals surface area contributed by atoms with Gasteiger partial charge in [-0.05, 0) is 38.8 Å². The second-order valence-corrected chi connectivity index (χ2v) is 10.5. The van der Waals surface area contributed by atoms with E-state index < -0.39 is 11.8 Å². The van der Waals surface area contributed by atoms with Gasteiger partial charge >= 0.3 is 0 Å². The van der Waals surface area contributed by atoms with Crippen LogP contribution in [0.1, 0.15) is 66.0 Å². The first-order chi connectivity index (χ1) is 15.9. The minimum atomic E-state index is -0.407. The van der Waals surface area contributed by atoms with Crippen LogP contribution in [0.2, 0.25) is 0 Å². The first-order valence-corrected chi connectivity index (χ1v) is 11.6. The lowest BCUT2D eigenvalue weighted by molar-refractivity contribution is -0.193. The summed E-state index contributed by atoms with van der Waals surface area (Å²) >= 11 is 0. The average Bonchev–Trinajstić information content (AvgIpc) is 3.07. The summed E-state index contributed by atoms with van der Waals surface area (Å²) in [7, 11) is 0. The molecule has 4 heteroatoms. The van der Waals surface area contributed by atoms with Gasteiger partial charge in [0, 0.05) is 11.8 Å². The summed E-state index contributed by atoms with van der Waals surface area (Å²) in [5.41, 5.74) is 6.92. The van der Waals surface area contributed by atoms with Gasteiger partial charge in [0.15, 0.2) is 0 Å². The maximum absolute atomic E-state index is 13.5. The molecule has 2 bridgehead atoms. The van der Waals surface area contributed by atoms with Crippen LogP contribution in [-0.4, -0.2) is 16.9 Å². The van der Waals surface area contributed by atoms with Gasteiger partial charge in [0.05, 0.1) is 11.8 Å². The topological polar surface area (TPSA) is 46.6 Å². The molecule has 166 valence electrons. The molecule has 0 spiro atoms. The van der Waals surface area contributed by atoms with Crippen LogP contribution in [-0.2, 0) is 26.4 Å². The van der Waals surface area contributed by atoms with E-state index in [2.05, 4.69) is 57.2 Å². The third kappa shape index (κ3) is 2.94. The Morgan fingerprint density at radius 1 is 0.697 bits per heavy atom. The SMILES string of the molecule is CC(C)(C)c1ccc(CON2C(=O)[C@H]3C4c5ccccc5C(c5ccccc54)[C@@H]3C2=O)cc1. The van der Waals surface area contributed by atoms with E-state index >= 15 is 0 Å². The van der Waals surface area contributed by atoms with Gasteiger partial charge in [-0.3, -0.25) is 14.4 Å². The van der Waals surface area contributed by atoms with Crippen LogP contribution >= 0.6 is 0 Å². The molecule has 1 aliphatic heterocycles. The standard InChI is InChI=1S/C29H27NO3/c1-29(2,3)18-14-12-17(13-15-18)16-33-30-27(31)25-23-19-8-4-5-9-20(19)24(26(25)28(30)32)22-11-7-6-10-21(22)23/h4-15,23-26H,16H2,1-3H3/t23?,24?,25-,26-/m0/s1. The zero-order valence-corrected chi connectivity index (χ0v) is 19.1. The highest BCUT2D eigenvalue weighted by atomic mass is 16.7. The third-order valence-electron chi connectivity index (χ3n) is 7.59. The molecule has 3 aliphatic carbocycles. The van der Waals surface area contributed by atoms with E-state index in [4.69, 9.17) is 4.84 Å². The fraction of sp³-hybridized carbons (Fsp3) is 0.310. The first-order valence-electron chi connectivity index (χ1n) is 11.6.